The standard InChI is InChI=1S/C16H18N2O4S/c1-12-7-8-15(22-3)16(9-12)23(19,20)18-17-11-13-5-4-6-14(10-13)21-2/h4-11,18H,1-3H3/b17-11+. The van der Waals surface area contributed by atoms with E-state index in [1.165, 1.54) is 19.4 Å². The van der Waals surface area contributed by atoms with Crippen molar-refractivity contribution in [3.05, 3.63) is 53.6 Å². The zero-order valence-electron chi connectivity index (χ0n) is 13.1. The predicted octanol–water partition coefficient (Wildman–Crippen LogP) is 2.32. The highest BCUT2D eigenvalue weighted by molar-refractivity contribution is 7.89. The van der Waals surface area contributed by atoms with E-state index in [4.69, 9.17) is 9.47 Å². The molecule has 0 heterocycles. The van der Waals surface area contributed by atoms with E-state index in [0.717, 1.165) is 5.56 Å². The number of ether oxygens (including phenoxy) is 2. The molecule has 0 atom stereocenters. The normalized spacial score (nSPS) is 11.4. The summed E-state index contributed by atoms with van der Waals surface area (Å²) in [5, 5.41) is 3.80. The summed E-state index contributed by atoms with van der Waals surface area (Å²) in [6, 6.07) is 12.0. The number of benzene rings is 2. The topological polar surface area (TPSA) is 77.0 Å². The van der Waals surface area contributed by atoms with Crippen molar-refractivity contribution in [3.63, 3.8) is 0 Å². The fraction of sp³-hybridized carbons (Fsp3) is 0.188. The Morgan fingerprint density at radius 2 is 1.87 bits per heavy atom. The van der Waals surface area contributed by atoms with Gasteiger partial charge in [0.15, 0.2) is 0 Å². The smallest absolute Gasteiger partial charge is 0.280 e. The summed E-state index contributed by atoms with van der Waals surface area (Å²) in [5.41, 5.74) is 1.52. The molecule has 6 nitrogen and oxygen atoms in total. The molecule has 0 spiro atoms. The van der Waals surface area contributed by atoms with Crippen LogP contribution in [0.25, 0.3) is 0 Å². The first-order valence-corrected chi connectivity index (χ1v) is 8.28. The molecule has 0 aromatic heterocycles. The van der Waals surface area contributed by atoms with Gasteiger partial charge in [0, 0.05) is 0 Å². The second-order valence-corrected chi connectivity index (χ2v) is 6.41. The Bertz CT molecular complexity index is 817. The molecule has 0 aliphatic rings. The molecule has 0 saturated carbocycles. The molecule has 1 N–H and O–H groups in total. The predicted molar refractivity (Wildman–Crippen MR) is 88.6 cm³/mol. The van der Waals surface area contributed by atoms with Gasteiger partial charge in [0.2, 0.25) is 0 Å². The van der Waals surface area contributed by atoms with Gasteiger partial charge in [-0.25, -0.2) is 0 Å². The minimum atomic E-state index is -3.82. The number of rotatable bonds is 6. The Morgan fingerprint density at radius 1 is 1.09 bits per heavy atom. The number of hydrogen-bond donors (Lipinski definition) is 1. The van der Waals surface area contributed by atoms with Gasteiger partial charge in [0.05, 0.1) is 20.4 Å². The highest BCUT2D eigenvalue weighted by Gasteiger charge is 2.18. The molecule has 0 fully saturated rings. The van der Waals surface area contributed by atoms with Crippen molar-refractivity contribution >= 4 is 16.2 Å². The number of nitrogens with one attached hydrogen (secondary N) is 1. The zero-order chi connectivity index (χ0) is 16.9. The van der Waals surface area contributed by atoms with Crippen molar-refractivity contribution < 1.29 is 17.9 Å². The van der Waals surface area contributed by atoms with Crippen LogP contribution in [0.15, 0.2) is 52.5 Å². The van der Waals surface area contributed by atoms with Gasteiger partial charge in [-0.1, -0.05) is 18.2 Å². The highest BCUT2D eigenvalue weighted by atomic mass is 32.2. The quantitative estimate of drug-likeness (QED) is 0.650. The maximum absolute atomic E-state index is 12.3. The van der Waals surface area contributed by atoms with Crippen molar-refractivity contribution in [2.24, 2.45) is 5.10 Å². The molecule has 0 saturated heterocycles. The average molecular weight is 334 g/mol. The highest BCUT2D eigenvalue weighted by Crippen LogP contribution is 2.24. The third kappa shape index (κ3) is 4.23. The maximum Gasteiger partial charge on any atom is 0.280 e. The van der Waals surface area contributed by atoms with Crippen LogP contribution in [0.2, 0.25) is 0 Å². The monoisotopic (exact) mass is 334 g/mol. The lowest BCUT2D eigenvalue weighted by Crippen LogP contribution is -2.19. The molecule has 0 bridgehead atoms. The van der Waals surface area contributed by atoms with Gasteiger partial charge in [0.1, 0.15) is 16.4 Å². The van der Waals surface area contributed by atoms with Crippen molar-refractivity contribution in [1.82, 2.24) is 4.83 Å². The van der Waals surface area contributed by atoms with Crippen LogP contribution in [-0.4, -0.2) is 28.9 Å². The second kappa shape index (κ2) is 7.15. The molecular formula is C16H18N2O4S. The van der Waals surface area contributed by atoms with Crippen molar-refractivity contribution in [1.29, 1.82) is 0 Å². The summed E-state index contributed by atoms with van der Waals surface area (Å²) in [5.74, 6) is 0.928. The number of sulfonamides is 1. The minimum absolute atomic E-state index is 0.0443. The molecule has 2 aromatic rings. The van der Waals surface area contributed by atoms with Crippen LogP contribution in [0.5, 0.6) is 11.5 Å². The van der Waals surface area contributed by atoms with E-state index in [0.29, 0.717) is 11.3 Å². The number of hydrazone groups is 1. The van der Waals surface area contributed by atoms with Gasteiger partial charge in [-0.05, 0) is 42.3 Å². The second-order valence-electron chi connectivity index (χ2n) is 4.78. The van der Waals surface area contributed by atoms with Crippen LogP contribution in [0.1, 0.15) is 11.1 Å². The number of nitrogens with zero attached hydrogens (tertiary/aromatic N) is 1. The number of methoxy groups -OCH3 is 2. The summed E-state index contributed by atoms with van der Waals surface area (Å²) in [6.45, 7) is 1.80. The van der Waals surface area contributed by atoms with Crippen LogP contribution < -0.4 is 14.3 Å². The van der Waals surface area contributed by atoms with E-state index in [2.05, 4.69) is 9.93 Å². The van der Waals surface area contributed by atoms with Gasteiger partial charge in [0.25, 0.3) is 10.0 Å². The minimum Gasteiger partial charge on any atom is -0.497 e. The molecule has 2 aromatic carbocycles. The fourth-order valence-electron chi connectivity index (χ4n) is 1.94. The van der Waals surface area contributed by atoms with E-state index in [-0.39, 0.29) is 10.6 Å². The van der Waals surface area contributed by atoms with Gasteiger partial charge in [-0.3, -0.25) is 0 Å². The maximum atomic E-state index is 12.3. The van der Waals surface area contributed by atoms with E-state index < -0.39 is 10.0 Å². The molecule has 0 aliphatic heterocycles. The van der Waals surface area contributed by atoms with Crippen molar-refractivity contribution in [3.8, 4) is 11.5 Å². The van der Waals surface area contributed by atoms with Crippen LogP contribution in [-0.2, 0) is 10.0 Å². The van der Waals surface area contributed by atoms with E-state index >= 15 is 0 Å². The summed E-state index contributed by atoms with van der Waals surface area (Å²) in [7, 11) is -0.837. The molecule has 122 valence electrons. The molecule has 7 heteroatoms. The van der Waals surface area contributed by atoms with E-state index in [9.17, 15) is 8.42 Å². The summed E-state index contributed by atoms with van der Waals surface area (Å²) < 4.78 is 34.9. The van der Waals surface area contributed by atoms with E-state index in [1.54, 1.807) is 50.4 Å². The lowest BCUT2D eigenvalue weighted by atomic mass is 10.2. The molecular weight excluding hydrogens is 316 g/mol. The van der Waals surface area contributed by atoms with Gasteiger partial charge in [-0.2, -0.15) is 18.4 Å². The van der Waals surface area contributed by atoms with Crippen LogP contribution >= 0.6 is 0 Å². The van der Waals surface area contributed by atoms with Gasteiger partial charge in [-0.15, -0.1) is 0 Å². The Hall–Kier alpha value is -2.54. The zero-order valence-corrected chi connectivity index (χ0v) is 13.9. The molecule has 0 amide bonds. The number of hydrogen-bond acceptors (Lipinski definition) is 5. The Morgan fingerprint density at radius 3 is 2.57 bits per heavy atom. The van der Waals surface area contributed by atoms with Crippen LogP contribution in [0, 0.1) is 6.92 Å². The third-order valence-electron chi connectivity index (χ3n) is 3.09. The summed E-state index contributed by atoms with van der Waals surface area (Å²) in [6.07, 6.45) is 1.41. The fourth-order valence-corrected chi connectivity index (χ4v) is 2.98. The first-order chi connectivity index (χ1) is 11.0. The van der Waals surface area contributed by atoms with Crippen LogP contribution in [0.4, 0.5) is 0 Å². The third-order valence-corrected chi connectivity index (χ3v) is 4.33. The molecule has 0 radical (unpaired) electrons. The Balaban J connectivity index is 2.21. The van der Waals surface area contributed by atoms with Gasteiger partial charge >= 0.3 is 0 Å². The Labute approximate surface area is 135 Å². The first kappa shape index (κ1) is 16.8. The summed E-state index contributed by atoms with van der Waals surface area (Å²) >= 11 is 0. The molecule has 23 heavy (non-hydrogen) atoms. The largest absolute Gasteiger partial charge is 0.497 e. The first-order valence-electron chi connectivity index (χ1n) is 6.80. The number of aryl methyl sites for hydroxylation is 1. The molecule has 2 rings (SSSR count). The molecule has 0 aliphatic carbocycles. The van der Waals surface area contributed by atoms with Crippen LogP contribution in [0.3, 0.4) is 0 Å². The lowest BCUT2D eigenvalue weighted by Gasteiger charge is -2.09. The molecule has 0 unspecified atom stereocenters. The Kier molecular flexibility index (Phi) is 5.23. The lowest BCUT2D eigenvalue weighted by molar-refractivity contribution is 0.402. The van der Waals surface area contributed by atoms with Gasteiger partial charge < -0.3 is 9.47 Å². The van der Waals surface area contributed by atoms with E-state index in [1.807, 2.05) is 0 Å². The van der Waals surface area contributed by atoms with Crippen molar-refractivity contribution in [2.45, 2.75) is 11.8 Å². The van der Waals surface area contributed by atoms with Crippen molar-refractivity contribution in [2.75, 3.05) is 14.2 Å². The summed E-state index contributed by atoms with van der Waals surface area (Å²) in [4.78, 5) is 2.23. The average Bonchev–Trinajstić information content (AvgIpc) is 2.55. The SMILES string of the molecule is COc1cccc(/C=N/NS(=O)(=O)c2cc(C)ccc2OC)c1.